The van der Waals surface area contributed by atoms with Crippen LogP contribution in [-0.2, 0) is 4.74 Å². The monoisotopic (exact) mass is 233 g/mol. The highest BCUT2D eigenvalue weighted by Gasteiger charge is 2.25. The zero-order chi connectivity index (χ0) is 12.3. The van der Waals surface area contributed by atoms with Crippen LogP contribution in [0.1, 0.15) is 35.6 Å². The van der Waals surface area contributed by atoms with E-state index in [9.17, 15) is 0 Å². The normalized spacial score (nSPS) is 22.4. The van der Waals surface area contributed by atoms with Crippen LogP contribution in [0.2, 0.25) is 0 Å². The molecule has 1 aliphatic heterocycles. The number of ether oxygens (including phenoxy) is 1. The van der Waals surface area contributed by atoms with Crippen LogP contribution in [0.15, 0.2) is 18.2 Å². The molecular formula is C15H23NO. The first-order chi connectivity index (χ1) is 8.22. The van der Waals surface area contributed by atoms with Gasteiger partial charge < -0.3 is 10.1 Å². The summed E-state index contributed by atoms with van der Waals surface area (Å²) in [6, 6.07) is 7.16. The number of hydrogen-bond donors (Lipinski definition) is 1. The fourth-order valence-electron chi connectivity index (χ4n) is 2.85. The average molecular weight is 233 g/mol. The van der Waals surface area contributed by atoms with Gasteiger partial charge in [0.25, 0.3) is 0 Å². The van der Waals surface area contributed by atoms with Crippen LogP contribution in [0.5, 0.6) is 0 Å². The van der Waals surface area contributed by atoms with E-state index in [-0.39, 0.29) is 0 Å². The SMILES string of the molecule is CNC(c1ccc(C)cc1C)C1CCCOC1. The molecule has 2 rings (SSSR count). The van der Waals surface area contributed by atoms with Crippen molar-refractivity contribution in [3.05, 3.63) is 34.9 Å². The van der Waals surface area contributed by atoms with Crippen molar-refractivity contribution < 1.29 is 4.74 Å². The van der Waals surface area contributed by atoms with Crippen LogP contribution in [0, 0.1) is 19.8 Å². The molecule has 0 aliphatic carbocycles. The van der Waals surface area contributed by atoms with Crippen LogP contribution in [0.25, 0.3) is 0 Å². The maximum atomic E-state index is 5.61. The lowest BCUT2D eigenvalue weighted by Gasteiger charge is -2.31. The number of hydrogen-bond acceptors (Lipinski definition) is 2. The summed E-state index contributed by atoms with van der Waals surface area (Å²) in [6.07, 6.45) is 2.45. The van der Waals surface area contributed by atoms with Gasteiger partial charge in [-0.05, 0) is 44.9 Å². The summed E-state index contributed by atoms with van der Waals surface area (Å²) in [4.78, 5) is 0. The number of aryl methyl sites for hydroxylation is 2. The van der Waals surface area contributed by atoms with Crippen molar-refractivity contribution in [1.82, 2.24) is 5.32 Å². The Morgan fingerprint density at radius 2 is 2.18 bits per heavy atom. The lowest BCUT2D eigenvalue weighted by Crippen LogP contribution is -2.31. The molecule has 0 aromatic heterocycles. The van der Waals surface area contributed by atoms with Crippen molar-refractivity contribution in [3.8, 4) is 0 Å². The van der Waals surface area contributed by atoms with Crippen molar-refractivity contribution in [3.63, 3.8) is 0 Å². The van der Waals surface area contributed by atoms with Gasteiger partial charge in [0.1, 0.15) is 0 Å². The molecule has 94 valence electrons. The van der Waals surface area contributed by atoms with Crippen LogP contribution in [0.3, 0.4) is 0 Å². The molecule has 1 fully saturated rings. The molecule has 0 spiro atoms. The predicted molar refractivity (Wildman–Crippen MR) is 71.3 cm³/mol. The maximum absolute atomic E-state index is 5.61. The molecule has 0 radical (unpaired) electrons. The Bertz CT molecular complexity index is 369. The summed E-state index contributed by atoms with van der Waals surface area (Å²) in [5, 5.41) is 3.47. The van der Waals surface area contributed by atoms with Crippen molar-refractivity contribution >= 4 is 0 Å². The Morgan fingerprint density at radius 3 is 2.76 bits per heavy atom. The second kappa shape index (κ2) is 5.65. The van der Waals surface area contributed by atoms with E-state index in [1.165, 1.54) is 29.5 Å². The third-order valence-corrected chi connectivity index (χ3v) is 3.74. The van der Waals surface area contributed by atoms with Crippen molar-refractivity contribution in [2.75, 3.05) is 20.3 Å². The fourth-order valence-corrected chi connectivity index (χ4v) is 2.85. The molecule has 2 unspecified atom stereocenters. The number of benzene rings is 1. The summed E-state index contributed by atoms with van der Waals surface area (Å²) in [5.74, 6) is 0.607. The van der Waals surface area contributed by atoms with Crippen LogP contribution >= 0.6 is 0 Å². The first-order valence-corrected chi connectivity index (χ1v) is 6.54. The molecule has 0 saturated carbocycles. The molecule has 2 nitrogen and oxygen atoms in total. The van der Waals surface area contributed by atoms with Crippen LogP contribution in [-0.4, -0.2) is 20.3 Å². The zero-order valence-electron chi connectivity index (χ0n) is 11.1. The first kappa shape index (κ1) is 12.6. The van der Waals surface area contributed by atoms with E-state index in [4.69, 9.17) is 4.74 Å². The van der Waals surface area contributed by atoms with Crippen molar-refractivity contribution in [1.29, 1.82) is 0 Å². The Balaban J connectivity index is 2.21. The Kier molecular flexibility index (Phi) is 4.19. The van der Waals surface area contributed by atoms with E-state index in [0.29, 0.717) is 12.0 Å². The fraction of sp³-hybridized carbons (Fsp3) is 0.600. The van der Waals surface area contributed by atoms with Crippen LogP contribution in [0.4, 0.5) is 0 Å². The zero-order valence-corrected chi connectivity index (χ0v) is 11.1. The highest BCUT2D eigenvalue weighted by molar-refractivity contribution is 5.33. The van der Waals surface area contributed by atoms with E-state index >= 15 is 0 Å². The first-order valence-electron chi connectivity index (χ1n) is 6.54. The molecule has 1 N–H and O–H groups in total. The van der Waals surface area contributed by atoms with Gasteiger partial charge in [0.05, 0.1) is 6.61 Å². The largest absolute Gasteiger partial charge is 0.381 e. The quantitative estimate of drug-likeness (QED) is 0.866. The minimum Gasteiger partial charge on any atom is -0.381 e. The molecule has 0 bridgehead atoms. The van der Waals surface area contributed by atoms with Crippen molar-refractivity contribution in [2.45, 2.75) is 32.7 Å². The van der Waals surface area contributed by atoms with E-state index in [1.807, 2.05) is 0 Å². The summed E-state index contributed by atoms with van der Waals surface area (Å²) >= 11 is 0. The van der Waals surface area contributed by atoms with Gasteiger partial charge in [-0.15, -0.1) is 0 Å². The van der Waals surface area contributed by atoms with Gasteiger partial charge in [0.2, 0.25) is 0 Å². The van der Waals surface area contributed by atoms with Crippen molar-refractivity contribution in [2.24, 2.45) is 5.92 Å². The molecule has 2 heteroatoms. The van der Waals surface area contributed by atoms with E-state index in [2.05, 4.69) is 44.4 Å². The Hall–Kier alpha value is -0.860. The maximum Gasteiger partial charge on any atom is 0.0512 e. The Labute approximate surface area is 104 Å². The molecule has 1 heterocycles. The van der Waals surface area contributed by atoms with E-state index in [0.717, 1.165) is 13.2 Å². The molecule has 2 atom stereocenters. The Morgan fingerprint density at radius 1 is 1.35 bits per heavy atom. The standard InChI is InChI=1S/C15H23NO/c1-11-6-7-14(12(2)9-11)15(16-3)13-5-4-8-17-10-13/h6-7,9,13,15-16H,4-5,8,10H2,1-3H3. The molecule has 0 amide bonds. The highest BCUT2D eigenvalue weighted by atomic mass is 16.5. The van der Waals surface area contributed by atoms with Gasteiger partial charge >= 0.3 is 0 Å². The third kappa shape index (κ3) is 2.88. The van der Waals surface area contributed by atoms with E-state index in [1.54, 1.807) is 0 Å². The second-order valence-electron chi connectivity index (χ2n) is 5.10. The second-order valence-corrected chi connectivity index (χ2v) is 5.10. The van der Waals surface area contributed by atoms with Gasteiger partial charge in [0, 0.05) is 18.6 Å². The summed E-state index contributed by atoms with van der Waals surface area (Å²) in [6.45, 7) is 6.17. The predicted octanol–water partition coefficient (Wildman–Crippen LogP) is 2.99. The minimum absolute atomic E-state index is 0.427. The number of nitrogens with one attached hydrogen (secondary N) is 1. The van der Waals surface area contributed by atoms with Gasteiger partial charge in [-0.2, -0.15) is 0 Å². The average Bonchev–Trinajstić information content (AvgIpc) is 2.34. The minimum atomic E-state index is 0.427. The van der Waals surface area contributed by atoms with Gasteiger partial charge in [-0.25, -0.2) is 0 Å². The molecule has 1 aromatic carbocycles. The van der Waals surface area contributed by atoms with Gasteiger partial charge in [-0.3, -0.25) is 0 Å². The third-order valence-electron chi connectivity index (χ3n) is 3.74. The summed E-state index contributed by atoms with van der Waals surface area (Å²) < 4.78 is 5.61. The number of rotatable bonds is 3. The van der Waals surface area contributed by atoms with Crippen LogP contribution < -0.4 is 5.32 Å². The van der Waals surface area contributed by atoms with Gasteiger partial charge in [-0.1, -0.05) is 23.8 Å². The molecule has 1 saturated heterocycles. The smallest absolute Gasteiger partial charge is 0.0512 e. The highest BCUT2D eigenvalue weighted by Crippen LogP contribution is 2.30. The van der Waals surface area contributed by atoms with Gasteiger partial charge in [0.15, 0.2) is 0 Å². The molecular weight excluding hydrogens is 210 g/mol. The lowest BCUT2D eigenvalue weighted by atomic mass is 9.86. The topological polar surface area (TPSA) is 21.3 Å². The molecule has 1 aromatic rings. The summed E-state index contributed by atoms with van der Waals surface area (Å²) in [5.41, 5.74) is 4.14. The molecule has 1 aliphatic rings. The van der Waals surface area contributed by atoms with E-state index < -0.39 is 0 Å². The lowest BCUT2D eigenvalue weighted by molar-refractivity contribution is 0.0401. The summed E-state index contributed by atoms with van der Waals surface area (Å²) in [7, 11) is 2.05. The molecule has 17 heavy (non-hydrogen) atoms.